The molecule has 0 atom stereocenters. The molecule has 0 aliphatic rings. The number of rotatable bonds is 4. The lowest BCUT2D eigenvalue weighted by Crippen LogP contribution is -2.05. The van der Waals surface area contributed by atoms with Crippen LogP contribution in [0.1, 0.15) is 30.9 Å². The molecule has 1 aromatic carbocycles. The van der Waals surface area contributed by atoms with Gasteiger partial charge in [0.15, 0.2) is 0 Å². The van der Waals surface area contributed by atoms with Gasteiger partial charge in [0.2, 0.25) is 0 Å². The van der Waals surface area contributed by atoms with Crippen LogP contribution in [-0.4, -0.2) is 18.2 Å². The molecule has 0 aliphatic heterocycles. The number of benzene rings is 1. The van der Waals surface area contributed by atoms with Gasteiger partial charge in [-0.05, 0) is 29.2 Å². The highest BCUT2D eigenvalue weighted by atomic mass is 16.5. The Kier molecular flexibility index (Phi) is 3.72. The second-order valence-electron chi connectivity index (χ2n) is 3.79. The summed E-state index contributed by atoms with van der Waals surface area (Å²) in [5, 5.41) is 8.80. The molecule has 0 saturated heterocycles. The van der Waals surface area contributed by atoms with E-state index in [1.165, 1.54) is 0 Å². The Morgan fingerprint density at radius 2 is 2.13 bits per heavy atom. The maximum Gasteiger partial charge on any atom is 0.307 e. The predicted octanol–water partition coefficient (Wildman–Crippen LogP) is 2.45. The molecule has 0 saturated carbocycles. The molecule has 0 fully saturated rings. The van der Waals surface area contributed by atoms with E-state index in [9.17, 15) is 4.79 Å². The van der Waals surface area contributed by atoms with E-state index in [0.29, 0.717) is 11.7 Å². The first-order valence-corrected chi connectivity index (χ1v) is 4.93. The summed E-state index contributed by atoms with van der Waals surface area (Å²) < 4.78 is 5.08. The van der Waals surface area contributed by atoms with Crippen molar-refractivity contribution in [2.24, 2.45) is 0 Å². The zero-order valence-corrected chi connectivity index (χ0v) is 9.28. The molecular formula is C12H16O3. The molecule has 0 aliphatic carbocycles. The van der Waals surface area contributed by atoms with Crippen molar-refractivity contribution in [2.75, 3.05) is 7.11 Å². The molecule has 0 aromatic heterocycles. The lowest BCUT2D eigenvalue weighted by Gasteiger charge is -2.12. The highest BCUT2D eigenvalue weighted by Crippen LogP contribution is 2.24. The first-order valence-electron chi connectivity index (χ1n) is 4.93. The van der Waals surface area contributed by atoms with E-state index >= 15 is 0 Å². The van der Waals surface area contributed by atoms with Crippen molar-refractivity contribution in [3.63, 3.8) is 0 Å². The normalized spacial score (nSPS) is 10.4. The highest BCUT2D eigenvalue weighted by Gasteiger charge is 2.10. The van der Waals surface area contributed by atoms with E-state index in [0.717, 1.165) is 11.1 Å². The first kappa shape index (κ1) is 11.6. The molecule has 1 rings (SSSR count). The van der Waals surface area contributed by atoms with Crippen LogP contribution in [0.4, 0.5) is 0 Å². The molecule has 3 heteroatoms. The first-order chi connectivity index (χ1) is 7.04. The van der Waals surface area contributed by atoms with Gasteiger partial charge in [0.25, 0.3) is 0 Å². The predicted molar refractivity (Wildman–Crippen MR) is 58.4 cm³/mol. The van der Waals surface area contributed by atoms with Gasteiger partial charge in [0, 0.05) is 0 Å². The van der Waals surface area contributed by atoms with Crippen LogP contribution in [0.15, 0.2) is 18.2 Å². The summed E-state index contributed by atoms with van der Waals surface area (Å²) in [6.45, 7) is 4.10. The molecule has 0 radical (unpaired) electrons. The average Bonchev–Trinajstić information content (AvgIpc) is 2.16. The average molecular weight is 208 g/mol. The number of carboxylic acid groups (broad SMARTS) is 1. The summed E-state index contributed by atoms with van der Waals surface area (Å²) in [4.78, 5) is 10.7. The van der Waals surface area contributed by atoms with Crippen LogP contribution in [0, 0.1) is 0 Å². The minimum absolute atomic E-state index is 0.0463. The van der Waals surface area contributed by atoms with Crippen molar-refractivity contribution in [3.8, 4) is 5.75 Å². The summed E-state index contributed by atoms with van der Waals surface area (Å²) >= 11 is 0. The molecule has 0 heterocycles. The van der Waals surface area contributed by atoms with Crippen LogP contribution in [0.2, 0.25) is 0 Å². The third-order valence-electron chi connectivity index (χ3n) is 2.31. The maximum atomic E-state index is 10.7. The van der Waals surface area contributed by atoms with Crippen molar-refractivity contribution >= 4 is 5.97 Å². The Morgan fingerprint density at radius 1 is 1.47 bits per heavy atom. The fourth-order valence-electron chi connectivity index (χ4n) is 1.59. The molecular weight excluding hydrogens is 192 g/mol. The van der Waals surface area contributed by atoms with Gasteiger partial charge in [0.05, 0.1) is 13.5 Å². The van der Waals surface area contributed by atoms with E-state index in [1.807, 2.05) is 26.0 Å². The third-order valence-corrected chi connectivity index (χ3v) is 2.31. The van der Waals surface area contributed by atoms with E-state index in [2.05, 4.69) is 0 Å². The van der Waals surface area contributed by atoms with E-state index < -0.39 is 5.97 Å². The number of hydrogen-bond donors (Lipinski definition) is 1. The van der Waals surface area contributed by atoms with E-state index in [1.54, 1.807) is 13.2 Å². The fourth-order valence-corrected chi connectivity index (χ4v) is 1.59. The van der Waals surface area contributed by atoms with Crippen LogP contribution in [0.25, 0.3) is 0 Å². The summed E-state index contributed by atoms with van der Waals surface area (Å²) in [5.41, 5.74) is 1.90. The molecule has 1 N–H and O–H groups in total. The van der Waals surface area contributed by atoms with Crippen LogP contribution in [-0.2, 0) is 11.2 Å². The molecule has 0 spiro atoms. The Hall–Kier alpha value is -1.51. The Balaban J connectivity index is 3.10. The quantitative estimate of drug-likeness (QED) is 0.826. The Bertz CT molecular complexity index is 356. The summed E-state index contributed by atoms with van der Waals surface area (Å²) in [5.74, 6) is 0.214. The molecule has 0 amide bonds. The SMILES string of the molecule is COc1ccc(C(C)C)c(CC(=O)O)c1. The highest BCUT2D eigenvalue weighted by molar-refractivity contribution is 5.71. The van der Waals surface area contributed by atoms with Crippen molar-refractivity contribution in [1.82, 2.24) is 0 Å². The van der Waals surface area contributed by atoms with Gasteiger partial charge in [-0.25, -0.2) is 0 Å². The van der Waals surface area contributed by atoms with Gasteiger partial charge in [-0.1, -0.05) is 19.9 Å². The summed E-state index contributed by atoms with van der Waals surface area (Å²) in [7, 11) is 1.58. The van der Waals surface area contributed by atoms with E-state index in [4.69, 9.17) is 9.84 Å². The van der Waals surface area contributed by atoms with Gasteiger partial charge < -0.3 is 9.84 Å². The van der Waals surface area contributed by atoms with E-state index in [-0.39, 0.29) is 6.42 Å². The van der Waals surface area contributed by atoms with Crippen LogP contribution in [0.3, 0.4) is 0 Å². The van der Waals surface area contributed by atoms with Crippen LogP contribution < -0.4 is 4.74 Å². The molecule has 1 aromatic rings. The molecule has 15 heavy (non-hydrogen) atoms. The lowest BCUT2D eigenvalue weighted by molar-refractivity contribution is -0.136. The van der Waals surface area contributed by atoms with Gasteiger partial charge in [-0.3, -0.25) is 4.79 Å². The smallest absolute Gasteiger partial charge is 0.307 e. The topological polar surface area (TPSA) is 46.5 Å². The van der Waals surface area contributed by atoms with Crippen molar-refractivity contribution < 1.29 is 14.6 Å². The Morgan fingerprint density at radius 3 is 2.60 bits per heavy atom. The van der Waals surface area contributed by atoms with Crippen molar-refractivity contribution in [2.45, 2.75) is 26.2 Å². The van der Waals surface area contributed by atoms with Gasteiger partial charge in [-0.2, -0.15) is 0 Å². The number of ether oxygens (including phenoxy) is 1. The minimum atomic E-state index is -0.815. The molecule has 3 nitrogen and oxygen atoms in total. The lowest BCUT2D eigenvalue weighted by atomic mass is 9.95. The maximum absolute atomic E-state index is 10.7. The van der Waals surface area contributed by atoms with Gasteiger partial charge >= 0.3 is 5.97 Å². The summed E-state index contributed by atoms with van der Waals surface area (Å²) in [6, 6.07) is 5.59. The standard InChI is InChI=1S/C12H16O3/c1-8(2)11-5-4-10(15-3)6-9(11)7-12(13)14/h4-6,8H,7H2,1-3H3,(H,13,14). The zero-order valence-electron chi connectivity index (χ0n) is 9.28. The second-order valence-corrected chi connectivity index (χ2v) is 3.79. The third kappa shape index (κ3) is 2.98. The molecule has 82 valence electrons. The molecule has 0 unspecified atom stereocenters. The number of aliphatic carboxylic acids is 1. The number of carboxylic acids is 1. The van der Waals surface area contributed by atoms with Gasteiger partial charge in [0.1, 0.15) is 5.75 Å². The fraction of sp³-hybridized carbons (Fsp3) is 0.417. The van der Waals surface area contributed by atoms with Crippen molar-refractivity contribution in [1.29, 1.82) is 0 Å². The minimum Gasteiger partial charge on any atom is -0.497 e. The summed E-state index contributed by atoms with van der Waals surface area (Å²) in [6.07, 6.45) is 0.0463. The number of carbonyl (C=O) groups is 1. The monoisotopic (exact) mass is 208 g/mol. The number of hydrogen-bond acceptors (Lipinski definition) is 2. The number of methoxy groups -OCH3 is 1. The van der Waals surface area contributed by atoms with Crippen LogP contribution in [0.5, 0.6) is 5.75 Å². The Labute approximate surface area is 89.7 Å². The van der Waals surface area contributed by atoms with Gasteiger partial charge in [-0.15, -0.1) is 0 Å². The van der Waals surface area contributed by atoms with Crippen molar-refractivity contribution in [3.05, 3.63) is 29.3 Å². The largest absolute Gasteiger partial charge is 0.497 e. The molecule has 0 bridgehead atoms. The zero-order chi connectivity index (χ0) is 11.4. The van der Waals surface area contributed by atoms with Crippen LogP contribution >= 0.6 is 0 Å². The second kappa shape index (κ2) is 4.82.